The van der Waals surface area contributed by atoms with Gasteiger partial charge in [0.25, 0.3) is 0 Å². The minimum atomic E-state index is 0.0708. The van der Waals surface area contributed by atoms with E-state index < -0.39 is 0 Å². The number of nitrogens with one attached hydrogen (secondary N) is 1. The van der Waals surface area contributed by atoms with Gasteiger partial charge < -0.3 is 19.5 Å². The van der Waals surface area contributed by atoms with Crippen LogP contribution in [0.2, 0.25) is 0 Å². The zero-order chi connectivity index (χ0) is 21.0. The van der Waals surface area contributed by atoms with E-state index in [4.69, 9.17) is 9.72 Å². The number of imidazole rings is 1. The van der Waals surface area contributed by atoms with Crippen molar-refractivity contribution < 1.29 is 9.53 Å². The lowest BCUT2D eigenvalue weighted by atomic mass is 9.96. The predicted octanol–water partition coefficient (Wildman–Crippen LogP) is 2.51. The second kappa shape index (κ2) is 9.01. The van der Waals surface area contributed by atoms with Crippen LogP contribution in [0.1, 0.15) is 37.3 Å². The van der Waals surface area contributed by atoms with Gasteiger partial charge in [-0.15, -0.1) is 0 Å². The first-order chi connectivity index (χ1) is 15.3. The molecule has 0 bridgehead atoms. The van der Waals surface area contributed by atoms with Crippen LogP contribution in [0, 0.1) is 0 Å². The molecule has 31 heavy (non-hydrogen) atoms. The summed E-state index contributed by atoms with van der Waals surface area (Å²) in [6.45, 7) is 3.83. The van der Waals surface area contributed by atoms with E-state index in [0.717, 1.165) is 68.2 Å². The van der Waals surface area contributed by atoms with Gasteiger partial charge in [-0.2, -0.15) is 0 Å². The fourth-order valence-electron chi connectivity index (χ4n) is 4.51. The van der Waals surface area contributed by atoms with Crippen LogP contribution in [0.15, 0.2) is 42.9 Å². The molecule has 162 valence electrons. The van der Waals surface area contributed by atoms with Gasteiger partial charge in [0.2, 0.25) is 11.9 Å². The average molecular weight is 421 g/mol. The molecule has 5 rings (SSSR count). The number of hydrogen-bond donors (Lipinski definition) is 1. The molecular weight excluding hydrogens is 392 g/mol. The molecule has 2 fully saturated rings. The molecule has 1 amide bonds. The van der Waals surface area contributed by atoms with E-state index in [1.54, 1.807) is 6.33 Å². The van der Waals surface area contributed by atoms with Gasteiger partial charge in [-0.1, -0.05) is 12.1 Å². The second-order valence-corrected chi connectivity index (χ2v) is 8.34. The van der Waals surface area contributed by atoms with Crippen molar-refractivity contribution in [3.8, 4) is 0 Å². The monoisotopic (exact) mass is 420 g/mol. The fraction of sp³-hybridized carbons (Fsp3) is 0.478. The first-order valence-corrected chi connectivity index (χ1v) is 11.1. The molecule has 3 aromatic rings. The lowest BCUT2D eigenvalue weighted by Gasteiger charge is -2.23. The molecule has 4 heterocycles. The van der Waals surface area contributed by atoms with E-state index in [1.807, 2.05) is 41.1 Å². The summed E-state index contributed by atoms with van der Waals surface area (Å²) in [7, 11) is 0. The van der Waals surface area contributed by atoms with Crippen LogP contribution in [0.5, 0.6) is 0 Å². The Morgan fingerprint density at radius 2 is 2.00 bits per heavy atom. The molecule has 1 aromatic carbocycles. The van der Waals surface area contributed by atoms with E-state index in [1.165, 1.54) is 0 Å². The Morgan fingerprint density at radius 1 is 1.13 bits per heavy atom. The van der Waals surface area contributed by atoms with Crippen molar-refractivity contribution >= 4 is 22.9 Å². The summed E-state index contributed by atoms with van der Waals surface area (Å²) in [5.41, 5.74) is 3.12. The molecule has 2 saturated heterocycles. The van der Waals surface area contributed by atoms with E-state index in [-0.39, 0.29) is 11.9 Å². The number of rotatable bonds is 6. The zero-order valence-electron chi connectivity index (χ0n) is 17.6. The number of aryl methyl sites for hydroxylation is 1. The molecule has 1 atom stereocenters. The third-order valence-corrected chi connectivity index (χ3v) is 6.25. The first kappa shape index (κ1) is 19.9. The molecule has 0 aliphatic carbocycles. The highest BCUT2D eigenvalue weighted by Gasteiger charge is 2.26. The maximum Gasteiger partial charge on any atom is 0.225 e. The topological polar surface area (TPSA) is 85.2 Å². The predicted molar refractivity (Wildman–Crippen MR) is 118 cm³/mol. The lowest BCUT2D eigenvalue weighted by Crippen LogP contribution is -2.37. The van der Waals surface area contributed by atoms with Crippen LogP contribution in [0.3, 0.4) is 0 Å². The van der Waals surface area contributed by atoms with Crippen molar-refractivity contribution in [1.29, 1.82) is 0 Å². The Kier molecular flexibility index (Phi) is 5.80. The highest BCUT2D eigenvalue weighted by atomic mass is 16.5. The number of nitrogens with zero attached hydrogens (tertiary/aromatic N) is 5. The number of amides is 1. The standard InChI is InChI=1S/C23H28N6O2/c30-22(7-12-29-16-25-20-3-1-2-4-21(20)29)26-18-6-11-28(15-18)23-24-10-5-19(27-23)17-8-13-31-14-9-17/h1-5,10,16-18H,6-9,11-15H2,(H,26,30). The fourth-order valence-corrected chi connectivity index (χ4v) is 4.51. The summed E-state index contributed by atoms with van der Waals surface area (Å²) in [5, 5.41) is 3.18. The zero-order valence-corrected chi connectivity index (χ0v) is 17.6. The van der Waals surface area contributed by atoms with Crippen LogP contribution in [0.25, 0.3) is 11.0 Å². The minimum absolute atomic E-state index is 0.0708. The number of ether oxygens (including phenoxy) is 1. The number of aromatic nitrogens is 4. The summed E-state index contributed by atoms with van der Waals surface area (Å²) in [6, 6.07) is 10.1. The second-order valence-electron chi connectivity index (χ2n) is 8.34. The number of fused-ring (bicyclic) bond motifs is 1. The van der Waals surface area contributed by atoms with Crippen molar-refractivity contribution in [2.75, 3.05) is 31.2 Å². The summed E-state index contributed by atoms with van der Waals surface area (Å²) < 4.78 is 7.50. The lowest BCUT2D eigenvalue weighted by molar-refractivity contribution is -0.121. The maximum atomic E-state index is 12.5. The van der Waals surface area contributed by atoms with E-state index in [0.29, 0.717) is 18.9 Å². The van der Waals surface area contributed by atoms with Crippen molar-refractivity contribution in [2.24, 2.45) is 0 Å². The Balaban J connectivity index is 1.14. The Hall–Kier alpha value is -3.00. The van der Waals surface area contributed by atoms with Crippen molar-refractivity contribution in [2.45, 2.75) is 44.2 Å². The molecule has 2 aliphatic rings. The molecule has 0 radical (unpaired) electrons. The van der Waals surface area contributed by atoms with Crippen LogP contribution in [-0.4, -0.2) is 57.8 Å². The normalized spacial score (nSPS) is 19.7. The largest absolute Gasteiger partial charge is 0.381 e. The molecule has 0 spiro atoms. The SMILES string of the molecule is O=C(CCn1cnc2ccccc21)NC1CCN(c2nccc(C3CCOCC3)n2)C1. The number of carbonyl (C=O) groups excluding carboxylic acids is 1. The summed E-state index contributed by atoms with van der Waals surface area (Å²) >= 11 is 0. The third kappa shape index (κ3) is 4.54. The highest BCUT2D eigenvalue weighted by molar-refractivity contribution is 5.77. The van der Waals surface area contributed by atoms with E-state index in [9.17, 15) is 4.79 Å². The number of para-hydroxylation sites is 2. The van der Waals surface area contributed by atoms with Gasteiger partial charge in [0.15, 0.2) is 0 Å². The van der Waals surface area contributed by atoms with Crippen LogP contribution in [-0.2, 0) is 16.1 Å². The Bertz CT molecular complexity index is 1050. The summed E-state index contributed by atoms with van der Waals surface area (Å²) in [5.74, 6) is 1.29. The van der Waals surface area contributed by atoms with E-state index >= 15 is 0 Å². The minimum Gasteiger partial charge on any atom is -0.381 e. The molecule has 0 saturated carbocycles. The number of hydrogen-bond acceptors (Lipinski definition) is 6. The average Bonchev–Trinajstić information content (AvgIpc) is 3.45. The van der Waals surface area contributed by atoms with Gasteiger partial charge in [0.05, 0.1) is 17.4 Å². The molecule has 1 unspecified atom stereocenters. The van der Waals surface area contributed by atoms with Gasteiger partial charge >= 0.3 is 0 Å². The molecule has 1 N–H and O–H groups in total. The number of carbonyl (C=O) groups is 1. The van der Waals surface area contributed by atoms with Crippen LogP contribution in [0.4, 0.5) is 5.95 Å². The van der Waals surface area contributed by atoms with Crippen LogP contribution >= 0.6 is 0 Å². The smallest absolute Gasteiger partial charge is 0.225 e. The maximum absolute atomic E-state index is 12.5. The molecule has 8 heteroatoms. The van der Waals surface area contributed by atoms with Gasteiger partial charge in [-0.05, 0) is 37.5 Å². The first-order valence-electron chi connectivity index (χ1n) is 11.1. The van der Waals surface area contributed by atoms with Gasteiger partial charge in [-0.3, -0.25) is 4.79 Å². The van der Waals surface area contributed by atoms with Crippen molar-refractivity contribution in [3.05, 3.63) is 48.5 Å². The summed E-state index contributed by atoms with van der Waals surface area (Å²) in [6.07, 6.45) is 7.03. The van der Waals surface area contributed by atoms with E-state index in [2.05, 4.69) is 20.2 Å². The number of anilines is 1. The third-order valence-electron chi connectivity index (χ3n) is 6.25. The quantitative estimate of drug-likeness (QED) is 0.660. The van der Waals surface area contributed by atoms with Gasteiger partial charge in [0.1, 0.15) is 0 Å². The van der Waals surface area contributed by atoms with Crippen molar-refractivity contribution in [1.82, 2.24) is 24.8 Å². The van der Waals surface area contributed by atoms with Crippen LogP contribution < -0.4 is 10.2 Å². The Labute approximate surface area is 181 Å². The summed E-state index contributed by atoms with van der Waals surface area (Å²) in [4.78, 5) is 28.4. The van der Waals surface area contributed by atoms with Gasteiger partial charge in [0, 0.05) is 63.1 Å². The van der Waals surface area contributed by atoms with Gasteiger partial charge in [-0.25, -0.2) is 15.0 Å². The molecule has 8 nitrogen and oxygen atoms in total. The highest BCUT2D eigenvalue weighted by Crippen LogP contribution is 2.26. The van der Waals surface area contributed by atoms with Crippen molar-refractivity contribution in [3.63, 3.8) is 0 Å². The molecule has 2 aliphatic heterocycles. The molecule has 2 aromatic heterocycles. The number of benzene rings is 1. The molecular formula is C23H28N6O2. The Morgan fingerprint density at radius 3 is 2.90 bits per heavy atom.